The van der Waals surface area contributed by atoms with Crippen LogP contribution in [0.2, 0.25) is 0 Å². The van der Waals surface area contributed by atoms with Crippen molar-refractivity contribution in [2.75, 3.05) is 13.2 Å². The minimum absolute atomic E-state index is 0.638. The molecule has 0 unspecified atom stereocenters. The number of benzene rings is 3. The summed E-state index contributed by atoms with van der Waals surface area (Å²) in [5.41, 5.74) is 4.92. The van der Waals surface area contributed by atoms with Gasteiger partial charge in [-0.25, -0.2) is 0 Å². The fourth-order valence-electron chi connectivity index (χ4n) is 3.46. The van der Waals surface area contributed by atoms with E-state index in [4.69, 9.17) is 9.47 Å². The average molecular weight is 389 g/mol. The molecule has 29 heavy (non-hydrogen) atoms. The standard InChI is InChI=1S/C25H28N2O2/c1-3-8-24-22(6-1)18-26-16-20-10-12-21(13-11-20)17-27-19-23-7-2-4-9-25(23)29-15-5-14-28-24/h1-4,6-13,26-27H,5,14-19H2. The normalized spacial score (nSPS) is 15.6. The summed E-state index contributed by atoms with van der Waals surface area (Å²) in [5, 5.41) is 7.05. The lowest BCUT2D eigenvalue weighted by Crippen LogP contribution is -2.14. The summed E-state index contributed by atoms with van der Waals surface area (Å²) >= 11 is 0. The van der Waals surface area contributed by atoms with Crippen LogP contribution < -0.4 is 20.1 Å². The molecule has 5 rings (SSSR count). The largest absolute Gasteiger partial charge is 0.493 e. The molecule has 2 aliphatic heterocycles. The molecule has 4 heteroatoms. The van der Waals surface area contributed by atoms with Crippen molar-refractivity contribution in [2.24, 2.45) is 0 Å². The number of hydrogen-bond acceptors (Lipinski definition) is 4. The van der Waals surface area contributed by atoms with Gasteiger partial charge in [0.15, 0.2) is 0 Å². The van der Waals surface area contributed by atoms with E-state index in [-0.39, 0.29) is 0 Å². The second-order valence-corrected chi connectivity index (χ2v) is 7.29. The Morgan fingerprint density at radius 1 is 0.517 bits per heavy atom. The van der Waals surface area contributed by atoms with Gasteiger partial charge in [0.25, 0.3) is 0 Å². The maximum atomic E-state index is 6.03. The molecule has 2 heterocycles. The van der Waals surface area contributed by atoms with Gasteiger partial charge in [-0.1, -0.05) is 60.7 Å². The fourth-order valence-corrected chi connectivity index (χ4v) is 3.46. The van der Waals surface area contributed by atoms with Crippen LogP contribution in [0.5, 0.6) is 11.5 Å². The Labute approximate surface area is 172 Å². The molecular weight excluding hydrogens is 360 g/mol. The Morgan fingerprint density at radius 2 is 0.966 bits per heavy atom. The van der Waals surface area contributed by atoms with Crippen LogP contribution in [0.1, 0.15) is 28.7 Å². The first kappa shape index (κ1) is 19.5. The Kier molecular flexibility index (Phi) is 6.79. The van der Waals surface area contributed by atoms with Crippen molar-refractivity contribution in [3.8, 4) is 11.5 Å². The third-order valence-electron chi connectivity index (χ3n) is 5.06. The number of fused-ring (bicyclic) bond motifs is 10. The Bertz CT molecular complexity index is 834. The van der Waals surface area contributed by atoms with Crippen LogP contribution >= 0.6 is 0 Å². The van der Waals surface area contributed by atoms with Gasteiger partial charge in [0.2, 0.25) is 0 Å². The van der Waals surface area contributed by atoms with Crippen LogP contribution in [-0.2, 0) is 26.2 Å². The second kappa shape index (κ2) is 10.1. The Morgan fingerprint density at radius 3 is 1.45 bits per heavy atom. The summed E-state index contributed by atoms with van der Waals surface area (Å²) in [6.07, 6.45) is 0.840. The van der Waals surface area contributed by atoms with E-state index >= 15 is 0 Å². The van der Waals surface area contributed by atoms with Gasteiger partial charge >= 0.3 is 0 Å². The molecule has 3 aromatic rings. The van der Waals surface area contributed by atoms with Gasteiger partial charge < -0.3 is 20.1 Å². The van der Waals surface area contributed by atoms with Crippen LogP contribution in [0.3, 0.4) is 0 Å². The number of rotatable bonds is 0. The lowest BCUT2D eigenvalue weighted by atomic mass is 10.1. The van der Waals surface area contributed by atoms with Crippen LogP contribution in [0.4, 0.5) is 0 Å². The SMILES string of the molecule is c1ccc2c(c1)CNCc1ccc(cc1)CNCc1ccccc1OCCCO2. The third kappa shape index (κ3) is 5.59. The van der Waals surface area contributed by atoms with Crippen LogP contribution in [0.25, 0.3) is 0 Å². The van der Waals surface area contributed by atoms with Gasteiger partial charge in [0.05, 0.1) is 13.2 Å². The van der Waals surface area contributed by atoms with Crippen molar-refractivity contribution in [1.29, 1.82) is 0 Å². The predicted molar refractivity (Wildman–Crippen MR) is 116 cm³/mol. The van der Waals surface area contributed by atoms with Crippen molar-refractivity contribution in [1.82, 2.24) is 10.6 Å². The molecule has 0 aromatic heterocycles. The summed E-state index contributed by atoms with van der Waals surface area (Å²) in [4.78, 5) is 0. The van der Waals surface area contributed by atoms with Crippen LogP contribution in [0, 0.1) is 0 Å². The zero-order chi connectivity index (χ0) is 19.7. The second-order valence-electron chi connectivity index (χ2n) is 7.29. The van der Waals surface area contributed by atoms with E-state index < -0.39 is 0 Å². The van der Waals surface area contributed by atoms with E-state index in [0.717, 1.165) is 44.1 Å². The van der Waals surface area contributed by atoms with Gasteiger partial charge in [0, 0.05) is 43.7 Å². The van der Waals surface area contributed by atoms with Crippen LogP contribution in [-0.4, -0.2) is 13.2 Å². The van der Waals surface area contributed by atoms with E-state index in [0.29, 0.717) is 13.2 Å². The van der Waals surface area contributed by atoms with Crippen LogP contribution in [0.15, 0.2) is 72.8 Å². The van der Waals surface area contributed by atoms with E-state index in [1.807, 2.05) is 24.3 Å². The smallest absolute Gasteiger partial charge is 0.123 e. The molecule has 0 amide bonds. The highest BCUT2D eigenvalue weighted by atomic mass is 16.5. The highest BCUT2D eigenvalue weighted by molar-refractivity contribution is 5.34. The molecule has 0 saturated heterocycles. The topological polar surface area (TPSA) is 42.5 Å². The van der Waals surface area contributed by atoms with Gasteiger partial charge in [-0.05, 0) is 23.3 Å². The Balaban J connectivity index is 1.49. The van der Waals surface area contributed by atoms with E-state index in [1.54, 1.807) is 0 Å². The molecule has 4 nitrogen and oxygen atoms in total. The third-order valence-corrected chi connectivity index (χ3v) is 5.06. The predicted octanol–water partition coefficient (Wildman–Crippen LogP) is 4.43. The van der Waals surface area contributed by atoms with Crippen molar-refractivity contribution < 1.29 is 9.47 Å². The first-order valence-corrected chi connectivity index (χ1v) is 10.3. The molecule has 150 valence electrons. The summed E-state index contributed by atoms with van der Waals surface area (Å²) < 4.78 is 12.1. The van der Waals surface area contributed by atoms with E-state index in [9.17, 15) is 0 Å². The zero-order valence-electron chi connectivity index (χ0n) is 16.7. The maximum absolute atomic E-state index is 6.03. The minimum atomic E-state index is 0.638. The highest BCUT2D eigenvalue weighted by Gasteiger charge is 2.06. The van der Waals surface area contributed by atoms with Gasteiger partial charge in [-0.2, -0.15) is 0 Å². The number of para-hydroxylation sites is 2. The van der Waals surface area contributed by atoms with Crippen molar-refractivity contribution >= 4 is 0 Å². The maximum Gasteiger partial charge on any atom is 0.123 e. The molecule has 0 atom stereocenters. The van der Waals surface area contributed by atoms with Crippen molar-refractivity contribution in [3.05, 3.63) is 95.1 Å². The number of nitrogens with one attached hydrogen (secondary N) is 2. The van der Waals surface area contributed by atoms with Crippen molar-refractivity contribution in [3.63, 3.8) is 0 Å². The molecule has 0 radical (unpaired) electrons. The lowest BCUT2D eigenvalue weighted by molar-refractivity contribution is 0.244. The van der Waals surface area contributed by atoms with Crippen molar-refractivity contribution in [2.45, 2.75) is 32.6 Å². The van der Waals surface area contributed by atoms with E-state index in [2.05, 4.69) is 59.2 Å². The summed E-state index contributed by atoms with van der Waals surface area (Å²) in [6.45, 7) is 4.51. The van der Waals surface area contributed by atoms with Gasteiger partial charge in [0.1, 0.15) is 11.5 Å². The molecule has 2 aliphatic rings. The summed E-state index contributed by atoms with van der Waals surface area (Å²) in [6, 6.07) is 25.2. The molecule has 3 aromatic carbocycles. The summed E-state index contributed by atoms with van der Waals surface area (Å²) in [7, 11) is 0. The molecule has 2 N–H and O–H groups in total. The molecule has 0 fully saturated rings. The molecule has 0 saturated carbocycles. The van der Waals surface area contributed by atoms with E-state index in [1.165, 1.54) is 22.3 Å². The van der Waals surface area contributed by atoms with Gasteiger partial charge in [-0.15, -0.1) is 0 Å². The molecule has 0 aliphatic carbocycles. The molecule has 0 spiro atoms. The molecular formula is C25H28N2O2. The zero-order valence-corrected chi connectivity index (χ0v) is 16.7. The lowest BCUT2D eigenvalue weighted by Gasteiger charge is -2.14. The first-order chi connectivity index (χ1) is 14.4. The van der Waals surface area contributed by atoms with Gasteiger partial charge in [-0.3, -0.25) is 0 Å². The number of hydrogen-bond donors (Lipinski definition) is 2. The Hall–Kier alpha value is -2.82. The number of ether oxygens (including phenoxy) is 2. The quantitative estimate of drug-likeness (QED) is 0.598. The molecule has 2 bridgehead atoms. The fraction of sp³-hybridized carbons (Fsp3) is 0.280. The monoisotopic (exact) mass is 388 g/mol. The minimum Gasteiger partial charge on any atom is -0.493 e. The first-order valence-electron chi connectivity index (χ1n) is 10.3. The summed E-state index contributed by atoms with van der Waals surface area (Å²) in [5.74, 6) is 1.88. The average Bonchev–Trinajstić information content (AvgIpc) is 2.76. The highest BCUT2D eigenvalue weighted by Crippen LogP contribution is 2.20.